The van der Waals surface area contributed by atoms with Crippen LogP contribution in [0.1, 0.15) is 30.6 Å². The highest BCUT2D eigenvalue weighted by Gasteiger charge is 2.41. The second-order valence-corrected chi connectivity index (χ2v) is 7.74. The molecular formula is C22H22F6N4O4. The lowest BCUT2D eigenvalue weighted by Crippen LogP contribution is -2.38. The van der Waals surface area contributed by atoms with Crippen LogP contribution < -0.4 is 20.5 Å². The Hall–Kier alpha value is -3.52. The van der Waals surface area contributed by atoms with Crippen LogP contribution in [-0.4, -0.2) is 53.5 Å². The number of aliphatic hydroxyl groups is 1. The van der Waals surface area contributed by atoms with Crippen molar-refractivity contribution in [2.45, 2.75) is 38.7 Å². The first kappa shape index (κ1) is 27.1. The molecule has 1 fully saturated rings. The number of rotatable bonds is 8. The predicted molar refractivity (Wildman–Crippen MR) is 116 cm³/mol. The lowest BCUT2D eigenvalue weighted by molar-refractivity contribution is -0.189. The van der Waals surface area contributed by atoms with Crippen LogP contribution in [-0.2, 0) is 0 Å². The third-order valence-electron chi connectivity index (χ3n) is 5.32. The second kappa shape index (κ2) is 10.6. The number of amides is 3. The number of aliphatic hydroxyl groups excluding tert-OH is 1. The van der Waals surface area contributed by atoms with Gasteiger partial charge in [-0.05, 0) is 31.5 Å². The maximum atomic E-state index is 15.1. The molecule has 2 aromatic rings. The highest BCUT2D eigenvalue weighted by Crippen LogP contribution is 2.35. The van der Waals surface area contributed by atoms with E-state index in [-0.39, 0.29) is 6.54 Å². The summed E-state index contributed by atoms with van der Waals surface area (Å²) in [5.41, 5.74) is 0.401. The first-order valence-corrected chi connectivity index (χ1v) is 10.7. The van der Waals surface area contributed by atoms with Crippen LogP contribution in [0, 0.1) is 17.5 Å². The number of carbonyl (C=O) groups excluding carboxylic acids is 2. The molecule has 1 heterocycles. The highest BCUT2D eigenvalue weighted by atomic mass is 19.4. The van der Waals surface area contributed by atoms with Crippen molar-refractivity contribution in [3.63, 3.8) is 0 Å². The number of anilines is 2. The summed E-state index contributed by atoms with van der Waals surface area (Å²) in [6.07, 6.45) is -7.67. The molecule has 0 saturated carbocycles. The number of hydrogen-bond donors (Lipinski definition) is 3. The van der Waals surface area contributed by atoms with Crippen LogP contribution in [0.3, 0.4) is 0 Å². The topological polar surface area (TPSA) is 94.1 Å². The van der Waals surface area contributed by atoms with E-state index in [1.54, 1.807) is 6.92 Å². The number of hydrogen-bond acceptors (Lipinski definition) is 5. The molecule has 196 valence electrons. The van der Waals surface area contributed by atoms with Crippen molar-refractivity contribution in [3.8, 4) is 5.75 Å². The quantitative estimate of drug-likeness (QED) is 0.455. The molecule has 36 heavy (non-hydrogen) atoms. The van der Waals surface area contributed by atoms with E-state index in [9.17, 15) is 36.6 Å². The minimum absolute atomic E-state index is 0.106. The molecule has 3 amide bonds. The monoisotopic (exact) mass is 520 g/mol. The Bertz CT molecular complexity index is 1130. The molecule has 1 aliphatic heterocycles. The Morgan fingerprint density at radius 1 is 1.19 bits per heavy atom. The van der Waals surface area contributed by atoms with E-state index in [0.717, 1.165) is 18.2 Å². The highest BCUT2D eigenvalue weighted by molar-refractivity contribution is 6.07. The third-order valence-corrected chi connectivity index (χ3v) is 5.32. The normalized spacial score (nSPS) is 16.9. The number of ether oxygens (including phenoxy) is 1. The summed E-state index contributed by atoms with van der Waals surface area (Å²) in [5.74, 6) is -5.72. The van der Waals surface area contributed by atoms with E-state index >= 15 is 4.39 Å². The Kier molecular flexibility index (Phi) is 7.99. The SMILES string of the molecule is CCC1NN(c2cc(O[C@@H](C)C(F)(F)F)c(C(=O)Nc3c(F)cccc3F)cc2F)C(=O)N1CCO. The number of alkyl halides is 3. The van der Waals surface area contributed by atoms with Crippen LogP contribution >= 0.6 is 0 Å². The summed E-state index contributed by atoms with van der Waals surface area (Å²) in [4.78, 5) is 26.7. The standard InChI is InChI=1S/C22H22F6N4O4/c1-3-18-30-32(21(35)31(18)7-8-33)16-10-17(36-11(2)22(26,27)28)12(9-15(16)25)20(34)29-19-13(23)5-4-6-14(19)24/h4-6,9-11,18,30,33H,3,7-8H2,1-2H3,(H,29,34)/t11-,18?/m0/s1. The molecule has 1 unspecified atom stereocenters. The van der Waals surface area contributed by atoms with E-state index in [0.29, 0.717) is 30.5 Å². The first-order valence-electron chi connectivity index (χ1n) is 10.7. The lowest BCUT2D eigenvalue weighted by Gasteiger charge is -2.23. The van der Waals surface area contributed by atoms with E-state index in [1.807, 2.05) is 5.32 Å². The molecule has 8 nitrogen and oxygen atoms in total. The van der Waals surface area contributed by atoms with Gasteiger partial charge in [-0.25, -0.2) is 28.4 Å². The summed E-state index contributed by atoms with van der Waals surface area (Å²) in [6.45, 7) is 1.83. The van der Waals surface area contributed by atoms with E-state index in [2.05, 4.69) is 5.43 Å². The smallest absolute Gasteiger partial charge is 0.425 e. The number of halogens is 6. The van der Waals surface area contributed by atoms with Gasteiger partial charge in [0.1, 0.15) is 40.7 Å². The summed E-state index contributed by atoms with van der Waals surface area (Å²) < 4.78 is 87.5. The van der Waals surface area contributed by atoms with E-state index in [1.165, 1.54) is 4.90 Å². The molecule has 0 bridgehead atoms. The number of urea groups is 1. The predicted octanol–water partition coefficient (Wildman–Crippen LogP) is 4.16. The van der Waals surface area contributed by atoms with Crippen LogP contribution in [0.2, 0.25) is 0 Å². The van der Waals surface area contributed by atoms with Crippen molar-refractivity contribution in [3.05, 3.63) is 53.3 Å². The molecule has 1 aliphatic rings. The van der Waals surface area contributed by atoms with Gasteiger partial charge in [-0.15, -0.1) is 0 Å². The largest absolute Gasteiger partial charge is 0.480 e. The van der Waals surface area contributed by atoms with Gasteiger partial charge in [-0.1, -0.05) is 13.0 Å². The van der Waals surface area contributed by atoms with Gasteiger partial charge < -0.3 is 20.1 Å². The first-order chi connectivity index (χ1) is 16.9. The zero-order valence-electron chi connectivity index (χ0n) is 19.0. The Balaban J connectivity index is 2.05. The zero-order valence-corrected chi connectivity index (χ0v) is 19.0. The van der Waals surface area contributed by atoms with Gasteiger partial charge in [-0.3, -0.25) is 4.79 Å². The van der Waals surface area contributed by atoms with Gasteiger partial charge in [0.05, 0.1) is 12.2 Å². The van der Waals surface area contributed by atoms with Gasteiger partial charge >= 0.3 is 12.2 Å². The summed E-state index contributed by atoms with van der Waals surface area (Å²) in [6, 6.07) is 3.07. The maximum Gasteiger partial charge on any atom is 0.425 e. The molecule has 0 aromatic heterocycles. The number of benzene rings is 2. The molecule has 3 N–H and O–H groups in total. The maximum absolute atomic E-state index is 15.1. The Labute approximate surface area is 201 Å². The Morgan fingerprint density at radius 3 is 2.39 bits per heavy atom. The van der Waals surface area contributed by atoms with Crippen LogP contribution in [0.4, 0.5) is 42.5 Å². The zero-order chi connectivity index (χ0) is 26.8. The number of nitrogens with one attached hydrogen (secondary N) is 2. The van der Waals surface area contributed by atoms with Crippen molar-refractivity contribution in [2.75, 3.05) is 23.5 Å². The van der Waals surface area contributed by atoms with Crippen LogP contribution in [0.25, 0.3) is 0 Å². The average molecular weight is 520 g/mol. The van der Waals surface area contributed by atoms with Gasteiger partial charge in [0.25, 0.3) is 5.91 Å². The average Bonchev–Trinajstić information content (AvgIpc) is 3.12. The second-order valence-electron chi connectivity index (χ2n) is 7.74. The molecule has 2 atom stereocenters. The van der Waals surface area contributed by atoms with E-state index < -0.39 is 77.1 Å². The van der Waals surface area contributed by atoms with E-state index in [4.69, 9.17) is 4.74 Å². The van der Waals surface area contributed by atoms with Gasteiger partial charge in [0, 0.05) is 12.6 Å². The number of carbonyl (C=O) groups is 2. The summed E-state index contributed by atoms with van der Waals surface area (Å²) >= 11 is 0. The minimum atomic E-state index is -4.88. The molecule has 2 aromatic carbocycles. The number of β-amino-alcohol motifs (C(OH)–C–C–N with tert-alkyl or cyclic N) is 1. The minimum Gasteiger partial charge on any atom is -0.480 e. The van der Waals surface area contributed by atoms with Crippen molar-refractivity contribution in [1.82, 2.24) is 10.3 Å². The fourth-order valence-corrected chi connectivity index (χ4v) is 3.42. The molecule has 1 saturated heterocycles. The number of para-hydroxylation sites is 1. The molecule has 3 rings (SSSR count). The van der Waals surface area contributed by atoms with Crippen molar-refractivity contribution < 1.29 is 45.8 Å². The number of hydrazine groups is 1. The van der Waals surface area contributed by atoms with Gasteiger partial charge in [-0.2, -0.15) is 13.2 Å². The van der Waals surface area contributed by atoms with Gasteiger partial charge in [0.15, 0.2) is 6.10 Å². The Morgan fingerprint density at radius 2 is 1.83 bits per heavy atom. The fourth-order valence-electron chi connectivity index (χ4n) is 3.42. The lowest BCUT2D eigenvalue weighted by atomic mass is 10.1. The van der Waals surface area contributed by atoms with Crippen molar-refractivity contribution >= 4 is 23.3 Å². The third kappa shape index (κ3) is 5.49. The molecule has 0 radical (unpaired) electrons. The molecule has 0 aliphatic carbocycles. The number of nitrogens with zero attached hydrogens (tertiary/aromatic N) is 2. The van der Waals surface area contributed by atoms with Crippen LogP contribution in [0.15, 0.2) is 30.3 Å². The fraction of sp³-hybridized carbons (Fsp3) is 0.364. The molecule has 14 heteroatoms. The molecular weight excluding hydrogens is 498 g/mol. The molecule has 0 spiro atoms. The van der Waals surface area contributed by atoms with Crippen molar-refractivity contribution in [1.29, 1.82) is 0 Å². The van der Waals surface area contributed by atoms with Crippen molar-refractivity contribution in [2.24, 2.45) is 0 Å². The van der Waals surface area contributed by atoms with Crippen LogP contribution in [0.5, 0.6) is 5.75 Å². The summed E-state index contributed by atoms with van der Waals surface area (Å²) in [7, 11) is 0. The summed E-state index contributed by atoms with van der Waals surface area (Å²) in [5, 5.41) is 11.8. The van der Waals surface area contributed by atoms with Gasteiger partial charge in [0.2, 0.25) is 0 Å².